The Labute approximate surface area is 193 Å². The number of nitrogens with one attached hydrogen (secondary N) is 2. The molecule has 2 aliphatic rings. The van der Waals surface area contributed by atoms with Crippen LogP contribution in [0.4, 0.5) is 4.79 Å². The van der Waals surface area contributed by atoms with Crippen LogP contribution in [0.2, 0.25) is 0 Å². The summed E-state index contributed by atoms with van der Waals surface area (Å²) in [6.07, 6.45) is 0.818. The highest BCUT2D eigenvalue weighted by Gasteiger charge is 2.49. The number of ether oxygens (including phenoxy) is 1. The van der Waals surface area contributed by atoms with Gasteiger partial charge in [0.2, 0.25) is 5.91 Å². The highest BCUT2D eigenvalue weighted by atomic mass is 16.5. The van der Waals surface area contributed by atoms with Gasteiger partial charge in [0, 0.05) is 5.92 Å². The van der Waals surface area contributed by atoms with Crippen LogP contribution >= 0.6 is 0 Å². The maximum absolute atomic E-state index is 12.9. The smallest absolute Gasteiger partial charge is 0.407 e. The van der Waals surface area contributed by atoms with Crippen molar-refractivity contribution in [1.29, 1.82) is 0 Å². The van der Waals surface area contributed by atoms with Crippen molar-refractivity contribution in [3.63, 3.8) is 0 Å². The van der Waals surface area contributed by atoms with E-state index in [9.17, 15) is 19.5 Å². The fourth-order valence-electron chi connectivity index (χ4n) is 4.63. The second-order valence-electron chi connectivity index (χ2n) is 9.46. The lowest BCUT2D eigenvalue weighted by Gasteiger charge is -2.30. The lowest BCUT2D eigenvalue weighted by molar-refractivity contribution is -0.148. The van der Waals surface area contributed by atoms with Crippen LogP contribution in [0.1, 0.15) is 50.7 Å². The Kier molecular flexibility index (Phi) is 6.15. The number of carbonyl (C=O) groups excluding carboxylic acids is 2. The van der Waals surface area contributed by atoms with Crippen molar-refractivity contribution in [1.82, 2.24) is 10.6 Å². The molecule has 174 valence electrons. The van der Waals surface area contributed by atoms with Crippen LogP contribution in [0.15, 0.2) is 48.5 Å². The lowest BCUT2D eigenvalue weighted by atomic mass is 9.94. The quantitative estimate of drug-likeness (QED) is 0.565. The summed E-state index contributed by atoms with van der Waals surface area (Å²) in [7, 11) is 0. The second kappa shape index (κ2) is 8.89. The van der Waals surface area contributed by atoms with Gasteiger partial charge in [0.05, 0.1) is 0 Å². The lowest BCUT2D eigenvalue weighted by Crippen LogP contribution is -2.60. The molecule has 0 bridgehead atoms. The maximum Gasteiger partial charge on any atom is 0.407 e. The Hall–Kier alpha value is -3.35. The van der Waals surface area contributed by atoms with Gasteiger partial charge in [-0.15, -0.1) is 0 Å². The highest BCUT2D eigenvalue weighted by Crippen LogP contribution is 2.44. The first-order chi connectivity index (χ1) is 15.7. The average molecular weight is 451 g/mol. The molecular weight excluding hydrogens is 420 g/mol. The zero-order chi connectivity index (χ0) is 23.8. The first kappa shape index (κ1) is 22.8. The molecule has 2 aliphatic carbocycles. The second-order valence-corrected chi connectivity index (χ2v) is 9.46. The third-order valence-corrected chi connectivity index (χ3v) is 6.79. The minimum atomic E-state index is -1.34. The number of benzene rings is 2. The predicted octanol–water partition coefficient (Wildman–Crippen LogP) is 3.92. The number of hydrogen-bond acceptors (Lipinski definition) is 4. The highest BCUT2D eigenvalue weighted by molar-refractivity contribution is 5.91. The number of carboxylic acid groups (broad SMARTS) is 1. The molecule has 2 atom stereocenters. The number of carbonyl (C=O) groups is 3. The summed E-state index contributed by atoms with van der Waals surface area (Å²) in [5.74, 6) is -2.01. The van der Waals surface area contributed by atoms with Crippen LogP contribution in [0.25, 0.3) is 11.1 Å². The zero-order valence-electron chi connectivity index (χ0n) is 19.1. The Morgan fingerprint density at radius 2 is 1.58 bits per heavy atom. The van der Waals surface area contributed by atoms with Crippen molar-refractivity contribution >= 4 is 18.0 Å². The van der Waals surface area contributed by atoms with Gasteiger partial charge < -0.3 is 20.5 Å². The van der Waals surface area contributed by atoms with E-state index >= 15 is 0 Å². The van der Waals surface area contributed by atoms with E-state index in [2.05, 4.69) is 22.8 Å². The minimum Gasteiger partial charge on any atom is -0.480 e. The molecule has 0 saturated heterocycles. The van der Waals surface area contributed by atoms with Gasteiger partial charge in [-0.1, -0.05) is 62.4 Å². The molecule has 2 aromatic carbocycles. The first-order valence-electron chi connectivity index (χ1n) is 11.4. The molecule has 0 heterocycles. The number of aliphatic carboxylic acids is 1. The molecule has 0 radical (unpaired) electrons. The van der Waals surface area contributed by atoms with Crippen molar-refractivity contribution in [2.45, 2.75) is 51.1 Å². The fourth-order valence-corrected chi connectivity index (χ4v) is 4.63. The van der Waals surface area contributed by atoms with Crippen LogP contribution in [0, 0.1) is 11.8 Å². The molecule has 33 heavy (non-hydrogen) atoms. The van der Waals surface area contributed by atoms with E-state index in [1.54, 1.807) is 13.8 Å². The van der Waals surface area contributed by atoms with E-state index in [-0.39, 0.29) is 24.4 Å². The Morgan fingerprint density at radius 1 is 1.03 bits per heavy atom. The third kappa shape index (κ3) is 4.45. The molecule has 4 rings (SSSR count). The van der Waals surface area contributed by atoms with E-state index in [1.807, 2.05) is 36.4 Å². The van der Waals surface area contributed by atoms with Crippen LogP contribution < -0.4 is 10.6 Å². The standard InChI is InChI=1S/C26H30N2O5/c1-15(2)22(23(29)28-26(3,24(30)31)16-12-13-16)27-25(32)33-14-21-19-10-6-4-8-17(19)18-9-5-7-11-20(18)21/h4-11,15-16,21-22H,12-14H2,1-3H3,(H,27,32)(H,28,29)(H,30,31). The van der Waals surface area contributed by atoms with E-state index in [4.69, 9.17) is 4.74 Å². The van der Waals surface area contributed by atoms with Gasteiger partial charge >= 0.3 is 12.1 Å². The minimum absolute atomic E-state index is 0.0837. The van der Waals surface area contributed by atoms with E-state index < -0.39 is 29.6 Å². The number of amides is 2. The van der Waals surface area contributed by atoms with Crippen molar-refractivity contribution in [2.75, 3.05) is 6.61 Å². The first-order valence-corrected chi connectivity index (χ1v) is 11.4. The SMILES string of the molecule is CC(C)C(NC(=O)OCC1c2ccccc2-c2ccccc21)C(=O)NC(C)(C(=O)O)C1CC1. The van der Waals surface area contributed by atoms with Crippen molar-refractivity contribution in [3.8, 4) is 11.1 Å². The topological polar surface area (TPSA) is 105 Å². The molecule has 3 N–H and O–H groups in total. The molecule has 1 saturated carbocycles. The molecule has 2 aromatic rings. The Bertz CT molecular complexity index is 1030. The molecule has 0 spiro atoms. The third-order valence-electron chi connectivity index (χ3n) is 6.79. The van der Waals surface area contributed by atoms with Crippen molar-refractivity contribution < 1.29 is 24.2 Å². The monoisotopic (exact) mass is 450 g/mol. The van der Waals surface area contributed by atoms with Gasteiger partial charge in [-0.3, -0.25) is 4.79 Å². The van der Waals surface area contributed by atoms with Gasteiger partial charge in [0.25, 0.3) is 0 Å². The summed E-state index contributed by atoms with van der Waals surface area (Å²) in [5, 5.41) is 14.9. The number of hydrogen-bond donors (Lipinski definition) is 3. The largest absolute Gasteiger partial charge is 0.480 e. The van der Waals surface area contributed by atoms with Gasteiger partial charge in [-0.25, -0.2) is 9.59 Å². The van der Waals surface area contributed by atoms with Crippen LogP contribution in [-0.2, 0) is 14.3 Å². The molecule has 0 aromatic heterocycles. The molecule has 7 heteroatoms. The van der Waals surface area contributed by atoms with Gasteiger partial charge in [0.1, 0.15) is 18.2 Å². The van der Waals surface area contributed by atoms with Crippen LogP contribution in [0.5, 0.6) is 0 Å². The summed E-state index contributed by atoms with van der Waals surface area (Å²) < 4.78 is 5.56. The number of fused-ring (bicyclic) bond motifs is 3. The number of carboxylic acids is 1. The predicted molar refractivity (Wildman–Crippen MR) is 124 cm³/mol. The summed E-state index contributed by atoms with van der Waals surface area (Å²) in [5.41, 5.74) is 3.13. The van der Waals surface area contributed by atoms with Crippen molar-refractivity contribution in [2.24, 2.45) is 11.8 Å². The summed E-state index contributed by atoms with van der Waals surface area (Å²) in [6, 6.07) is 15.2. The molecular formula is C26H30N2O5. The molecule has 1 fully saturated rings. The van der Waals surface area contributed by atoms with E-state index in [1.165, 1.54) is 6.92 Å². The summed E-state index contributed by atoms with van der Waals surface area (Å²) in [6.45, 7) is 5.25. The molecule has 2 unspecified atom stereocenters. The van der Waals surface area contributed by atoms with Crippen LogP contribution in [-0.4, -0.2) is 41.3 Å². The van der Waals surface area contributed by atoms with Gasteiger partial charge in [-0.05, 0) is 53.9 Å². The normalized spacial score (nSPS) is 17.5. The van der Waals surface area contributed by atoms with E-state index in [0.717, 1.165) is 35.1 Å². The van der Waals surface area contributed by atoms with Gasteiger partial charge in [-0.2, -0.15) is 0 Å². The average Bonchev–Trinajstić information content (AvgIpc) is 3.59. The molecule has 2 amide bonds. The van der Waals surface area contributed by atoms with Crippen molar-refractivity contribution in [3.05, 3.63) is 59.7 Å². The zero-order valence-corrected chi connectivity index (χ0v) is 19.1. The summed E-state index contributed by atoms with van der Waals surface area (Å²) >= 11 is 0. The van der Waals surface area contributed by atoms with Gasteiger partial charge in [0.15, 0.2) is 0 Å². The molecule has 0 aliphatic heterocycles. The van der Waals surface area contributed by atoms with Crippen LogP contribution in [0.3, 0.4) is 0 Å². The summed E-state index contributed by atoms with van der Waals surface area (Å²) in [4.78, 5) is 37.4. The number of alkyl carbamates (subject to hydrolysis) is 1. The number of rotatable bonds is 8. The maximum atomic E-state index is 12.9. The molecule has 7 nitrogen and oxygen atoms in total. The Morgan fingerprint density at radius 3 is 2.06 bits per heavy atom. The Balaban J connectivity index is 1.42. The fraction of sp³-hybridized carbons (Fsp3) is 0.423. The van der Waals surface area contributed by atoms with E-state index in [0.29, 0.717) is 0 Å².